The van der Waals surface area contributed by atoms with Gasteiger partial charge in [-0.15, -0.1) is 0 Å². The molecule has 10 nitrogen and oxygen atoms in total. The number of ketones is 1. The summed E-state index contributed by atoms with van der Waals surface area (Å²) in [5.74, 6) is -0.309. The maximum atomic E-state index is 13.8. The lowest BCUT2D eigenvalue weighted by atomic mass is 10.0. The summed E-state index contributed by atoms with van der Waals surface area (Å²) in [4.78, 5) is 26.7. The second-order valence-corrected chi connectivity index (χ2v) is 10.2. The Balaban J connectivity index is 1.44. The number of halogens is 1. The summed E-state index contributed by atoms with van der Waals surface area (Å²) in [6, 6.07) is 11.1. The van der Waals surface area contributed by atoms with Crippen molar-refractivity contribution in [1.29, 1.82) is 0 Å². The van der Waals surface area contributed by atoms with E-state index in [1.165, 1.54) is 12.5 Å². The quantitative estimate of drug-likeness (QED) is 0.131. The molecule has 1 saturated carbocycles. The SMILES string of the molecule is NSOC[C@H]1C[C@@H](Nc2ncncc2C(=O)c2cn(Cc3cccc(Br)c3)c3ncccc23)[C@H](O)[C@@H]1O. The molecule has 192 valence electrons. The lowest BCUT2D eigenvalue weighted by Gasteiger charge is -2.19. The van der Waals surface area contributed by atoms with E-state index in [0.29, 0.717) is 41.8 Å². The molecular formula is C25H25BrN6O4S. The van der Waals surface area contributed by atoms with E-state index in [9.17, 15) is 15.0 Å². The number of anilines is 1. The average molecular weight is 585 g/mol. The molecule has 1 aliphatic carbocycles. The Labute approximate surface area is 225 Å². The van der Waals surface area contributed by atoms with Crippen molar-refractivity contribution < 1.29 is 19.2 Å². The minimum absolute atomic E-state index is 0.192. The number of nitrogens with one attached hydrogen (secondary N) is 1. The van der Waals surface area contributed by atoms with Gasteiger partial charge in [-0.1, -0.05) is 28.1 Å². The van der Waals surface area contributed by atoms with Crippen LogP contribution in [-0.2, 0) is 10.7 Å². The first-order valence-electron chi connectivity index (χ1n) is 11.6. The number of carbonyl (C=O) groups is 1. The van der Waals surface area contributed by atoms with E-state index in [4.69, 9.17) is 9.32 Å². The molecule has 0 unspecified atom stereocenters. The van der Waals surface area contributed by atoms with Crippen LogP contribution in [0, 0.1) is 5.92 Å². The molecule has 1 fully saturated rings. The molecule has 37 heavy (non-hydrogen) atoms. The summed E-state index contributed by atoms with van der Waals surface area (Å²) < 4.78 is 8.06. The number of carbonyl (C=O) groups excluding carboxylic acids is 1. The number of hydrogen-bond donors (Lipinski definition) is 4. The third-order valence-electron chi connectivity index (χ3n) is 6.55. The lowest BCUT2D eigenvalue weighted by Crippen LogP contribution is -2.36. The van der Waals surface area contributed by atoms with Crippen molar-refractivity contribution in [2.75, 3.05) is 11.9 Å². The highest BCUT2D eigenvalue weighted by Crippen LogP contribution is 2.31. The Hall–Kier alpha value is -2.87. The van der Waals surface area contributed by atoms with Crippen LogP contribution in [0.2, 0.25) is 0 Å². The molecule has 4 aromatic rings. The summed E-state index contributed by atoms with van der Waals surface area (Å²) in [5.41, 5.74) is 2.47. The molecule has 3 aromatic heterocycles. The first kappa shape index (κ1) is 25.8. The number of rotatable bonds is 9. The first-order valence-corrected chi connectivity index (χ1v) is 13.2. The van der Waals surface area contributed by atoms with Gasteiger partial charge in [0.05, 0.1) is 36.5 Å². The standard InChI is InChI=1S/C25H25BrN6O4S/c26-16-4-1-3-14(7-16)10-32-11-19(17-5-2-6-29-25(17)32)22(34)18-9-28-13-30-24(18)31-20-8-15(12-36-37-27)21(33)23(20)35/h1-7,9,11,13,15,20-21,23,33,35H,8,10,12,27H2,(H,28,30,31)/t15-,20-,21-,23+/m1/s1. The zero-order chi connectivity index (χ0) is 25.9. The third-order valence-corrected chi connectivity index (χ3v) is 7.32. The molecule has 5 rings (SSSR count). The highest BCUT2D eigenvalue weighted by Gasteiger charge is 2.42. The van der Waals surface area contributed by atoms with Crippen molar-refractivity contribution in [3.63, 3.8) is 0 Å². The molecule has 0 spiro atoms. The molecular weight excluding hydrogens is 560 g/mol. The first-order chi connectivity index (χ1) is 18.0. The van der Waals surface area contributed by atoms with E-state index < -0.39 is 18.2 Å². The predicted octanol–water partition coefficient (Wildman–Crippen LogP) is 2.93. The maximum Gasteiger partial charge on any atom is 0.200 e. The number of aromatic nitrogens is 4. The zero-order valence-corrected chi connectivity index (χ0v) is 22.0. The Morgan fingerprint density at radius 3 is 2.89 bits per heavy atom. The predicted molar refractivity (Wildman–Crippen MR) is 144 cm³/mol. The number of pyridine rings is 1. The molecule has 0 saturated heterocycles. The van der Waals surface area contributed by atoms with Crippen molar-refractivity contribution in [3.8, 4) is 0 Å². The Kier molecular flexibility index (Phi) is 7.84. The van der Waals surface area contributed by atoms with Crippen LogP contribution in [-0.4, -0.2) is 60.4 Å². The number of nitrogens with two attached hydrogens (primary N) is 1. The van der Waals surface area contributed by atoms with Crippen LogP contribution >= 0.6 is 28.2 Å². The minimum Gasteiger partial charge on any atom is -0.390 e. The molecule has 4 atom stereocenters. The van der Waals surface area contributed by atoms with E-state index in [1.54, 1.807) is 18.5 Å². The zero-order valence-electron chi connectivity index (χ0n) is 19.6. The summed E-state index contributed by atoms with van der Waals surface area (Å²) in [5, 5.41) is 30.2. The second-order valence-electron chi connectivity index (χ2n) is 8.90. The lowest BCUT2D eigenvalue weighted by molar-refractivity contribution is 0.00892. The average Bonchev–Trinajstić information content (AvgIpc) is 3.40. The Bertz CT molecular complexity index is 1420. The van der Waals surface area contributed by atoms with Crippen LogP contribution in [0.15, 0.2) is 65.8 Å². The maximum absolute atomic E-state index is 13.8. The smallest absolute Gasteiger partial charge is 0.200 e. The minimum atomic E-state index is -1.06. The molecule has 0 amide bonds. The van der Waals surface area contributed by atoms with Gasteiger partial charge in [0.1, 0.15) is 23.9 Å². The number of aliphatic hydroxyl groups is 2. The molecule has 1 aliphatic rings. The molecule has 1 aromatic carbocycles. The van der Waals surface area contributed by atoms with Crippen LogP contribution in [0.25, 0.3) is 11.0 Å². The number of nitrogens with zero attached hydrogens (tertiary/aromatic N) is 4. The normalized spacial score (nSPS) is 21.4. The van der Waals surface area contributed by atoms with Gasteiger partial charge in [0.2, 0.25) is 5.78 Å². The topological polar surface area (TPSA) is 148 Å². The van der Waals surface area contributed by atoms with Gasteiger partial charge < -0.3 is 24.3 Å². The summed E-state index contributed by atoms with van der Waals surface area (Å²) in [6.45, 7) is 0.727. The number of hydrogen-bond acceptors (Lipinski definition) is 10. The van der Waals surface area contributed by atoms with Gasteiger partial charge in [0.25, 0.3) is 0 Å². The molecule has 0 aliphatic heterocycles. The highest BCUT2D eigenvalue weighted by atomic mass is 79.9. The van der Waals surface area contributed by atoms with Gasteiger partial charge >= 0.3 is 0 Å². The van der Waals surface area contributed by atoms with E-state index >= 15 is 0 Å². The van der Waals surface area contributed by atoms with Gasteiger partial charge in [0.15, 0.2) is 0 Å². The summed E-state index contributed by atoms with van der Waals surface area (Å²) in [7, 11) is 0. The summed E-state index contributed by atoms with van der Waals surface area (Å²) >= 11 is 4.22. The van der Waals surface area contributed by atoms with Gasteiger partial charge in [-0.3, -0.25) is 9.93 Å². The Morgan fingerprint density at radius 2 is 2.08 bits per heavy atom. The van der Waals surface area contributed by atoms with Crippen molar-refractivity contribution in [1.82, 2.24) is 19.5 Å². The fourth-order valence-electron chi connectivity index (χ4n) is 4.75. The van der Waals surface area contributed by atoms with E-state index in [1.807, 2.05) is 34.9 Å². The van der Waals surface area contributed by atoms with Crippen LogP contribution in [0.4, 0.5) is 5.82 Å². The van der Waals surface area contributed by atoms with Crippen molar-refractivity contribution >= 4 is 50.8 Å². The van der Waals surface area contributed by atoms with Gasteiger partial charge in [-0.2, -0.15) is 0 Å². The fraction of sp³-hybridized carbons (Fsp3) is 0.280. The second kappa shape index (κ2) is 11.3. The van der Waals surface area contributed by atoms with Gasteiger partial charge in [-0.05, 0) is 36.2 Å². The third kappa shape index (κ3) is 5.40. The molecule has 0 bridgehead atoms. The summed E-state index contributed by atoms with van der Waals surface area (Å²) in [6.07, 6.45) is 4.64. The molecule has 5 N–H and O–H groups in total. The van der Waals surface area contributed by atoms with Crippen molar-refractivity contribution in [3.05, 3.63) is 82.5 Å². The fourth-order valence-corrected chi connectivity index (χ4v) is 5.45. The number of aliphatic hydroxyl groups excluding tert-OH is 2. The van der Waals surface area contributed by atoms with Gasteiger partial charge in [0, 0.05) is 46.5 Å². The van der Waals surface area contributed by atoms with Crippen LogP contribution in [0.5, 0.6) is 0 Å². The molecule has 3 heterocycles. The largest absolute Gasteiger partial charge is 0.390 e. The monoisotopic (exact) mass is 584 g/mol. The molecule has 0 radical (unpaired) electrons. The Morgan fingerprint density at radius 1 is 1.22 bits per heavy atom. The van der Waals surface area contributed by atoms with Crippen LogP contribution in [0.3, 0.4) is 0 Å². The van der Waals surface area contributed by atoms with Crippen molar-refractivity contribution in [2.45, 2.75) is 31.2 Å². The van der Waals surface area contributed by atoms with Gasteiger partial charge in [-0.25, -0.2) is 15.0 Å². The highest BCUT2D eigenvalue weighted by molar-refractivity contribution is 9.10. The van der Waals surface area contributed by atoms with E-state index in [0.717, 1.165) is 10.0 Å². The van der Waals surface area contributed by atoms with Crippen LogP contribution in [0.1, 0.15) is 27.9 Å². The van der Waals surface area contributed by atoms with E-state index in [2.05, 4.69) is 36.2 Å². The van der Waals surface area contributed by atoms with Crippen LogP contribution < -0.4 is 10.5 Å². The number of benzene rings is 1. The number of fused-ring (bicyclic) bond motifs is 1. The molecule has 12 heteroatoms. The van der Waals surface area contributed by atoms with Crippen molar-refractivity contribution in [2.24, 2.45) is 11.1 Å². The van der Waals surface area contributed by atoms with E-state index in [-0.39, 0.29) is 29.7 Å².